The second kappa shape index (κ2) is 6.51. The smallest absolute Gasteiger partial charge is 0.253 e. The summed E-state index contributed by atoms with van der Waals surface area (Å²) in [6.07, 6.45) is 4.96. The van der Waals surface area contributed by atoms with Gasteiger partial charge in [0.1, 0.15) is 12.1 Å². The van der Waals surface area contributed by atoms with Crippen LogP contribution in [0.1, 0.15) is 21.6 Å². The van der Waals surface area contributed by atoms with Crippen molar-refractivity contribution in [3.8, 4) is 0 Å². The lowest BCUT2D eigenvalue weighted by Crippen LogP contribution is -2.33. The van der Waals surface area contributed by atoms with E-state index < -0.39 is 0 Å². The molecule has 0 bridgehead atoms. The number of carbonyl (C=O) groups is 1. The highest BCUT2D eigenvalue weighted by Gasteiger charge is 2.42. The Morgan fingerprint density at radius 2 is 1.64 bits per heavy atom. The van der Waals surface area contributed by atoms with Gasteiger partial charge in [0.25, 0.3) is 5.91 Å². The van der Waals surface area contributed by atoms with Gasteiger partial charge in [0, 0.05) is 67.2 Å². The number of benzene rings is 1. The van der Waals surface area contributed by atoms with Gasteiger partial charge in [0.15, 0.2) is 0 Å². The molecule has 0 aliphatic carbocycles. The first-order chi connectivity index (χ1) is 13.6. The molecule has 5 rings (SSSR count). The fraction of sp³-hybridized carbons (Fsp3) is 0.381. The third-order valence-corrected chi connectivity index (χ3v) is 6.10. The summed E-state index contributed by atoms with van der Waals surface area (Å²) in [4.78, 5) is 34.7. The van der Waals surface area contributed by atoms with Gasteiger partial charge in [-0.05, 0) is 32.0 Å². The van der Waals surface area contributed by atoms with Crippen molar-refractivity contribution in [1.82, 2.24) is 24.8 Å². The number of fused-ring (bicyclic) bond motifs is 2. The summed E-state index contributed by atoms with van der Waals surface area (Å²) in [5.74, 6) is 2.09. The van der Waals surface area contributed by atoms with Crippen molar-refractivity contribution >= 4 is 22.8 Å². The van der Waals surface area contributed by atoms with E-state index in [0.29, 0.717) is 17.4 Å². The Bertz CT molecular complexity index is 1050. The van der Waals surface area contributed by atoms with E-state index in [2.05, 4.69) is 31.8 Å². The quantitative estimate of drug-likeness (QED) is 0.685. The molecule has 2 atom stereocenters. The van der Waals surface area contributed by atoms with Crippen molar-refractivity contribution in [3.05, 3.63) is 53.7 Å². The van der Waals surface area contributed by atoms with Crippen molar-refractivity contribution in [3.63, 3.8) is 0 Å². The summed E-state index contributed by atoms with van der Waals surface area (Å²) in [6.45, 7) is 7.57. The van der Waals surface area contributed by atoms with E-state index >= 15 is 0 Å². The van der Waals surface area contributed by atoms with E-state index in [9.17, 15) is 4.79 Å². The molecule has 28 heavy (non-hydrogen) atoms. The number of anilines is 1. The Kier molecular flexibility index (Phi) is 3.96. The molecule has 142 valence electrons. The van der Waals surface area contributed by atoms with Crippen molar-refractivity contribution in [2.24, 2.45) is 11.8 Å². The lowest BCUT2D eigenvalue weighted by Gasteiger charge is -2.24. The summed E-state index contributed by atoms with van der Waals surface area (Å²) < 4.78 is 0. The number of aromatic nitrogens is 4. The number of carbonyl (C=O) groups excluding carboxylic acids is 1. The van der Waals surface area contributed by atoms with E-state index in [1.807, 2.05) is 30.0 Å². The largest absolute Gasteiger partial charge is 0.356 e. The average Bonchev–Trinajstić information content (AvgIpc) is 3.28. The molecule has 4 heterocycles. The number of rotatable bonds is 2. The topological polar surface area (TPSA) is 75.1 Å². The molecule has 2 aliphatic rings. The van der Waals surface area contributed by atoms with Gasteiger partial charge in [-0.25, -0.2) is 9.97 Å². The summed E-state index contributed by atoms with van der Waals surface area (Å²) in [7, 11) is 0. The SMILES string of the molecule is Cc1ncnc(N2CC3CN(C(=O)c4ccc5nccnc5c4)CC3C2)c1C. The Balaban J connectivity index is 1.31. The first-order valence-corrected chi connectivity index (χ1v) is 9.63. The van der Waals surface area contributed by atoms with Crippen molar-refractivity contribution in [2.45, 2.75) is 13.8 Å². The van der Waals surface area contributed by atoms with Crippen molar-refractivity contribution in [1.29, 1.82) is 0 Å². The fourth-order valence-electron chi connectivity index (χ4n) is 4.46. The Hall–Kier alpha value is -3.09. The zero-order valence-electron chi connectivity index (χ0n) is 16.0. The van der Waals surface area contributed by atoms with Gasteiger partial charge in [0.2, 0.25) is 0 Å². The minimum absolute atomic E-state index is 0.0857. The molecule has 1 amide bonds. The molecule has 0 saturated carbocycles. The first-order valence-electron chi connectivity index (χ1n) is 9.63. The van der Waals surface area contributed by atoms with Crippen LogP contribution in [0, 0.1) is 25.7 Å². The van der Waals surface area contributed by atoms with Crippen LogP contribution in [0.3, 0.4) is 0 Å². The number of hydrogen-bond donors (Lipinski definition) is 0. The Labute approximate surface area is 163 Å². The second-order valence-electron chi connectivity index (χ2n) is 7.80. The highest BCUT2D eigenvalue weighted by Crippen LogP contribution is 2.35. The van der Waals surface area contributed by atoms with Crippen LogP contribution in [0.25, 0.3) is 11.0 Å². The lowest BCUT2D eigenvalue weighted by molar-refractivity contribution is 0.0782. The zero-order valence-corrected chi connectivity index (χ0v) is 16.0. The molecule has 1 aromatic carbocycles. The third-order valence-electron chi connectivity index (χ3n) is 6.10. The molecule has 2 unspecified atom stereocenters. The molecule has 7 nitrogen and oxygen atoms in total. The molecule has 3 aromatic rings. The van der Waals surface area contributed by atoms with Crippen molar-refractivity contribution in [2.75, 3.05) is 31.1 Å². The molecule has 2 aromatic heterocycles. The second-order valence-corrected chi connectivity index (χ2v) is 7.80. The van der Waals surface area contributed by atoms with Gasteiger partial charge in [-0.15, -0.1) is 0 Å². The van der Waals surface area contributed by atoms with Crippen molar-refractivity contribution < 1.29 is 4.79 Å². The molecule has 2 fully saturated rings. The number of aryl methyl sites for hydroxylation is 1. The van der Waals surface area contributed by atoms with Gasteiger partial charge in [-0.3, -0.25) is 14.8 Å². The molecule has 0 radical (unpaired) electrons. The van der Waals surface area contributed by atoms with E-state index in [4.69, 9.17) is 0 Å². The Morgan fingerprint density at radius 3 is 2.39 bits per heavy atom. The summed E-state index contributed by atoms with van der Waals surface area (Å²) >= 11 is 0. The van der Waals surface area contributed by atoms with Crippen LogP contribution in [0.2, 0.25) is 0 Å². The first kappa shape index (κ1) is 17.0. The van der Waals surface area contributed by atoms with Crippen LogP contribution >= 0.6 is 0 Å². The van der Waals surface area contributed by atoms with E-state index in [0.717, 1.165) is 54.3 Å². The van der Waals surface area contributed by atoms with Crippen LogP contribution in [-0.4, -0.2) is 56.9 Å². The maximum atomic E-state index is 13.0. The van der Waals surface area contributed by atoms with Gasteiger partial charge in [0.05, 0.1) is 11.0 Å². The van der Waals surface area contributed by atoms with Crippen LogP contribution in [-0.2, 0) is 0 Å². The molecular weight excluding hydrogens is 352 g/mol. The van der Waals surface area contributed by atoms with Gasteiger partial charge in [-0.1, -0.05) is 0 Å². The normalized spacial score (nSPS) is 21.4. The number of likely N-dealkylation sites (tertiary alicyclic amines) is 1. The van der Waals surface area contributed by atoms with E-state index in [1.54, 1.807) is 18.7 Å². The number of amides is 1. The summed E-state index contributed by atoms with van der Waals surface area (Å²) in [6, 6.07) is 5.57. The number of nitrogens with zero attached hydrogens (tertiary/aromatic N) is 6. The van der Waals surface area contributed by atoms with E-state index in [1.165, 1.54) is 0 Å². The molecule has 2 aliphatic heterocycles. The standard InChI is InChI=1S/C21H22N6O/c1-13-14(2)24-12-25-20(13)26-8-16-10-27(11-17(16)9-26)21(28)15-3-4-18-19(7-15)23-6-5-22-18/h3-7,12,16-17H,8-11H2,1-2H3. The highest BCUT2D eigenvalue weighted by molar-refractivity contribution is 5.97. The minimum Gasteiger partial charge on any atom is -0.356 e. The summed E-state index contributed by atoms with van der Waals surface area (Å²) in [5, 5.41) is 0. The predicted octanol–water partition coefficient (Wildman–Crippen LogP) is 2.25. The third kappa shape index (κ3) is 2.78. The summed E-state index contributed by atoms with van der Waals surface area (Å²) in [5.41, 5.74) is 4.43. The minimum atomic E-state index is 0.0857. The van der Waals surface area contributed by atoms with Crippen LogP contribution in [0.5, 0.6) is 0 Å². The van der Waals surface area contributed by atoms with Crippen LogP contribution in [0.15, 0.2) is 36.9 Å². The molecular formula is C21H22N6O. The lowest BCUT2D eigenvalue weighted by atomic mass is 10.0. The van der Waals surface area contributed by atoms with Gasteiger partial charge >= 0.3 is 0 Å². The maximum absolute atomic E-state index is 13.0. The predicted molar refractivity (Wildman–Crippen MR) is 106 cm³/mol. The molecule has 0 N–H and O–H groups in total. The molecule has 2 saturated heterocycles. The fourth-order valence-corrected chi connectivity index (χ4v) is 4.46. The Morgan fingerprint density at radius 1 is 0.929 bits per heavy atom. The van der Waals surface area contributed by atoms with Gasteiger partial charge in [-0.2, -0.15) is 0 Å². The van der Waals surface area contributed by atoms with Crippen LogP contribution in [0.4, 0.5) is 5.82 Å². The van der Waals surface area contributed by atoms with E-state index in [-0.39, 0.29) is 5.91 Å². The highest BCUT2D eigenvalue weighted by atomic mass is 16.2. The average molecular weight is 374 g/mol. The van der Waals surface area contributed by atoms with Crippen LogP contribution < -0.4 is 4.90 Å². The van der Waals surface area contributed by atoms with Gasteiger partial charge < -0.3 is 9.80 Å². The number of hydrogen-bond acceptors (Lipinski definition) is 6. The molecule has 7 heteroatoms. The monoisotopic (exact) mass is 374 g/mol. The zero-order chi connectivity index (χ0) is 19.3. The maximum Gasteiger partial charge on any atom is 0.253 e. The molecule has 0 spiro atoms.